The highest BCUT2D eigenvalue weighted by Gasteiger charge is 2.11. The smallest absolute Gasteiger partial charge is 0.126 e. The van der Waals surface area contributed by atoms with E-state index < -0.39 is 0 Å². The van der Waals surface area contributed by atoms with Crippen LogP contribution in [0.5, 0.6) is 5.75 Å². The second-order valence-electron chi connectivity index (χ2n) is 7.36. The van der Waals surface area contributed by atoms with Crippen LogP contribution >= 0.6 is 0 Å². The first-order chi connectivity index (χ1) is 13.6. The summed E-state index contributed by atoms with van der Waals surface area (Å²) in [6.07, 6.45) is 2.21. The minimum atomic E-state index is 0.252. The summed E-state index contributed by atoms with van der Waals surface area (Å²) in [4.78, 5) is 4.63. The average molecular weight is 370 g/mol. The van der Waals surface area contributed by atoms with E-state index in [1.54, 1.807) is 7.11 Å². The number of hydrogen-bond acceptors (Lipinski definition) is 3. The molecule has 142 valence electrons. The van der Waals surface area contributed by atoms with Gasteiger partial charge in [-0.15, -0.1) is 0 Å². The Hall–Kier alpha value is -2.91. The van der Waals surface area contributed by atoms with Crippen LogP contribution in [-0.2, 0) is 6.54 Å². The molecule has 0 fully saturated rings. The van der Waals surface area contributed by atoms with Gasteiger partial charge in [0.15, 0.2) is 0 Å². The first-order valence-electron chi connectivity index (χ1n) is 9.79. The van der Waals surface area contributed by atoms with Crippen LogP contribution < -0.4 is 20.6 Å². The largest absolute Gasteiger partial charge is 0.496 e. The van der Waals surface area contributed by atoms with Crippen LogP contribution in [0.1, 0.15) is 31.0 Å². The molecule has 1 N–H and O–H groups in total. The second kappa shape index (κ2) is 7.99. The Balaban J connectivity index is 1.60. The maximum Gasteiger partial charge on any atom is 0.126 e. The summed E-state index contributed by atoms with van der Waals surface area (Å²) in [7, 11) is 1.73. The summed E-state index contributed by atoms with van der Waals surface area (Å²) in [6.45, 7) is 5.11. The lowest BCUT2D eigenvalue weighted by Crippen LogP contribution is -2.20. The third-order valence-corrected chi connectivity index (χ3v) is 5.28. The Morgan fingerprint density at radius 3 is 2.64 bits per heavy atom. The predicted octanol–water partition coefficient (Wildman–Crippen LogP) is 4.02. The second-order valence-corrected chi connectivity index (χ2v) is 7.36. The van der Waals surface area contributed by atoms with E-state index in [0.29, 0.717) is 6.04 Å². The van der Waals surface area contributed by atoms with Gasteiger partial charge in [0.25, 0.3) is 0 Å². The van der Waals surface area contributed by atoms with E-state index >= 15 is 0 Å². The monoisotopic (exact) mass is 370 g/mol. The average Bonchev–Trinajstić information content (AvgIpc) is 3.11. The Bertz CT molecular complexity index is 1090. The Morgan fingerprint density at radius 2 is 1.86 bits per heavy atom. The molecule has 3 heteroatoms. The van der Waals surface area contributed by atoms with Crippen LogP contribution in [0.3, 0.4) is 0 Å². The summed E-state index contributed by atoms with van der Waals surface area (Å²) in [5.74, 6) is 0.891. The quantitative estimate of drug-likeness (QED) is 0.711. The lowest BCUT2D eigenvalue weighted by Gasteiger charge is -2.16. The first-order valence-corrected chi connectivity index (χ1v) is 9.79. The number of fused-ring (bicyclic) bond motifs is 1. The van der Waals surface area contributed by atoms with Gasteiger partial charge in [-0.3, -0.25) is 4.99 Å². The Kier molecular flexibility index (Phi) is 5.27. The van der Waals surface area contributed by atoms with Gasteiger partial charge in [0.05, 0.1) is 18.5 Å². The number of hydrogen-bond donors (Lipinski definition) is 1. The molecule has 0 aliphatic carbocycles. The molecule has 1 unspecified atom stereocenters. The first kappa shape index (κ1) is 18.5. The van der Waals surface area contributed by atoms with Gasteiger partial charge >= 0.3 is 0 Å². The van der Waals surface area contributed by atoms with Crippen LogP contribution in [0.2, 0.25) is 0 Å². The van der Waals surface area contributed by atoms with Crippen molar-refractivity contribution >= 4 is 6.08 Å². The molecule has 2 atom stereocenters. The lowest BCUT2D eigenvalue weighted by atomic mass is 10.0. The van der Waals surface area contributed by atoms with Crippen molar-refractivity contribution in [2.45, 2.75) is 32.5 Å². The maximum absolute atomic E-state index is 5.64. The van der Waals surface area contributed by atoms with Gasteiger partial charge in [0.1, 0.15) is 5.75 Å². The summed E-state index contributed by atoms with van der Waals surface area (Å²) >= 11 is 0. The van der Waals surface area contributed by atoms with Gasteiger partial charge in [0.2, 0.25) is 0 Å². The van der Waals surface area contributed by atoms with Crippen molar-refractivity contribution in [3.8, 4) is 16.9 Å². The van der Waals surface area contributed by atoms with Crippen LogP contribution in [-0.4, -0.2) is 13.2 Å². The van der Waals surface area contributed by atoms with E-state index in [1.165, 1.54) is 16.3 Å². The topological polar surface area (TPSA) is 33.6 Å². The molecule has 28 heavy (non-hydrogen) atoms. The molecule has 3 aromatic carbocycles. The molecule has 0 radical (unpaired) electrons. The standard InChI is InChI=1S/C25H26N2O/c1-17-13-22-15-21(10-11-24(22)27-17)23-14-19(9-12-25(23)28-3)16-26-18(2)20-7-5-4-6-8-20/h4-15,17-18,26H,16H2,1-3H3/t17?,18-/m1/s1. The van der Waals surface area contributed by atoms with Crippen molar-refractivity contribution in [1.29, 1.82) is 0 Å². The van der Waals surface area contributed by atoms with Gasteiger partial charge in [-0.05, 0) is 60.0 Å². The summed E-state index contributed by atoms with van der Waals surface area (Å²) in [6, 6.07) is 23.9. The number of methoxy groups -OCH3 is 1. The highest BCUT2D eigenvalue weighted by molar-refractivity contribution is 5.71. The molecule has 0 aromatic heterocycles. The minimum absolute atomic E-state index is 0.252. The number of rotatable bonds is 6. The van der Waals surface area contributed by atoms with Crippen molar-refractivity contribution in [3.63, 3.8) is 0 Å². The minimum Gasteiger partial charge on any atom is -0.496 e. The zero-order valence-corrected chi connectivity index (χ0v) is 16.6. The fourth-order valence-electron chi connectivity index (χ4n) is 3.71. The molecule has 0 amide bonds. The number of nitrogens with zero attached hydrogens (tertiary/aromatic N) is 1. The van der Waals surface area contributed by atoms with E-state index in [2.05, 4.69) is 90.9 Å². The van der Waals surface area contributed by atoms with Gasteiger partial charge < -0.3 is 10.1 Å². The molecule has 3 aromatic rings. The third kappa shape index (κ3) is 3.85. The van der Waals surface area contributed by atoms with E-state index in [4.69, 9.17) is 4.74 Å². The van der Waals surface area contributed by atoms with Crippen molar-refractivity contribution in [2.75, 3.05) is 7.11 Å². The van der Waals surface area contributed by atoms with E-state index in [1.807, 2.05) is 6.07 Å². The Morgan fingerprint density at radius 1 is 1.04 bits per heavy atom. The summed E-state index contributed by atoms with van der Waals surface area (Å²) < 4.78 is 5.64. The van der Waals surface area contributed by atoms with Gasteiger partial charge in [-0.1, -0.05) is 48.5 Å². The molecule has 0 bridgehead atoms. The van der Waals surface area contributed by atoms with Crippen LogP contribution in [0.25, 0.3) is 17.2 Å². The number of ether oxygens (including phenoxy) is 1. The molecule has 3 nitrogen and oxygen atoms in total. The molecule has 0 saturated carbocycles. The molecular formula is C25H26N2O. The normalized spacial score (nSPS) is 16.0. The zero-order chi connectivity index (χ0) is 19.5. The predicted molar refractivity (Wildman–Crippen MR) is 115 cm³/mol. The van der Waals surface area contributed by atoms with Crippen molar-refractivity contribution in [3.05, 3.63) is 88.4 Å². The fraction of sp³-hybridized carbons (Fsp3) is 0.240. The van der Waals surface area contributed by atoms with Crippen molar-refractivity contribution in [1.82, 2.24) is 5.32 Å². The van der Waals surface area contributed by atoms with Crippen LogP contribution in [0.15, 0.2) is 71.7 Å². The van der Waals surface area contributed by atoms with Crippen LogP contribution in [0, 0.1) is 0 Å². The number of benzene rings is 3. The van der Waals surface area contributed by atoms with E-state index in [-0.39, 0.29) is 6.04 Å². The van der Waals surface area contributed by atoms with Gasteiger partial charge in [-0.25, -0.2) is 0 Å². The fourth-order valence-corrected chi connectivity index (χ4v) is 3.71. The lowest BCUT2D eigenvalue weighted by molar-refractivity contribution is 0.416. The van der Waals surface area contributed by atoms with Crippen LogP contribution in [0.4, 0.5) is 0 Å². The molecule has 1 aliphatic heterocycles. The molecule has 0 spiro atoms. The highest BCUT2D eigenvalue weighted by atomic mass is 16.5. The SMILES string of the molecule is COc1ccc(CN[C@H](C)c2ccccc2)cc1-c1ccc2c(c1)=CC(C)N=2. The highest BCUT2D eigenvalue weighted by Crippen LogP contribution is 2.30. The van der Waals surface area contributed by atoms with Crippen molar-refractivity contribution < 1.29 is 4.74 Å². The molecule has 4 rings (SSSR count). The molecule has 0 saturated heterocycles. The van der Waals surface area contributed by atoms with Gasteiger partial charge in [-0.2, -0.15) is 0 Å². The van der Waals surface area contributed by atoms with Gasteiger partial charge in [0, 0.05) is 18.2 Å². The number of nitrogens with one attached hydrogen (secondary N) is 1. The Labute approximate surface area is 166 Å². The molecule has 1 heterocycles. The van der Waals surface area contributed by atoms with E-state index in [9.17, 15) is 0 Å². The van der Waals surface area contributed by atoms with Crippen molar-refractivity contribution in [2.24, 2.45) is 4.99 Å². The maximum atomic E-state index is 5.64. The third-order valence-electron chi connectivity index (χ3n) is 5.28. The van der Waals surface area contributed by atoms with E-state index in [0.717, 1.165) is 28.8 Å². The zero-order valence-electron chi connectivity index (χ0n) is 16.6. The molecule has 1 aliphatic rings. The molecular weight excluding hydrogens is 344 g/mol. The summed E-state index contributed by atoms with van der Waals surface area (Å²) in [5.41, 5.74) is 4.81. The summed E-state index contributed by atoms with van der Waals surface area (Å²) in [5, 5.41) is 5.89.